The van der Waals surface area contributed by atoms with Gasteiger partial charge in [-0.3, -0.25) is 9.36 Å². The predicted octanol–water partition coefficient (Wildman–Crippen LogP) is 2.44. The predicted molar refractivity (Wildman–Crippen MR) is 130 cm³/mol. The van der Waals surface area contributed by atoms with Crippen LogP contribution in [0.3, 0.4) is 0 Å². The van der Waals surface area contributed by atoms with Crippen LogP contribution in [0.4, 0.5) is 5.82 Å². The summed E-state index contributed by atoms with van der Waals surface area (Å²) in [6.45, 7) is 0. The van der Waals surface area contributed by atoms with Crippen molar-refractivity contribution in [3.05, 3.63) is 55.2 Å². The van der Waals surface area contributed by atoms with Gasteiger partial charge >= 0.3 is 0 Å². The van der Waals surface area contributed by atoms with Gasteiger partial charge in [-0.1, -0.05) is 18.2 Å². The molecule has 3 heterocycles. The largest absolute Gasteiger partial charge is 0.367 e. The maximum absolute atomic E-state index is 11.5. The summed E-state index contributed by atoms with van der Waals surface area (Å²) in [6.07, 6.45) is 11.9. The van der Waals surface area contributed by atoms with Gasteiger partial charge in [0, 0.05) is 67.0 Å². The molecule has 11 heteroatoms. The first-order valence-corrected chi connectivity index (χ1v) is 12.8. The van der Waals surface area contributed by atoms with E-state index in [9.17, 15) is 8.42 Å². The van der Waals surface area contributed by atoms with Crippen molar-refractivity contribution in [1.29, 1.82) is 0 Å². The first kappa shape index (κ1) is 22.2. The molecule has 4 aromatic rings. The molecule has 1 saturated carbocycles. The second kappa shape index (κ2) is 8.65. The topological polar surface area (TPSA) is 120 Å². The zero-order chi connectivity index (χ0) is 23.9. The average Bonchev–Trinajstić information content (AvgIpc) is 3.39. The first-order valence-electron chi connectivity index (χ1n) is 10.9. The maximum Gasteiger partial charge on any atom is 0.208 e. The summed E-state index contributed by atoms with van der Waals surface area (Å²) in [5.41, 5.74) is 4.71. The number of aryl methyl sites for hydroxylation is 2. The lowest BCUT2D eigenvalue weighted by molar-refractivity contribution is 0.346. The van der Waals surface area contributed by atoms with E-state index < -0.39 is 10.0 Å². The molecule has 34 heavy (non-hydrogen) atoms. The number of hydrogen-bond donors (Lipinski definition) is 2. The van der Waals surface area contributed by atoms with Crippen LogP contribution in [0.2, 0.25) is 0 Å². The molecule has 0 bridgehead atoms. The number of hydrogen-bond acceptors (Lipinski definition) is 7. The van der Waals surface area contributed by atoms with Crippen LogP contribution in [-0.2, 0) is 24.1 Å². The third-order valence-electron chi connectivity index (χ3n) is 5.82. The minimum atomic E-state index is -3.22. The number of anilines is 1. The standard InChI is InChI=1S/C23H26N8O2S/c1-30-13-17(10-25-30)15-5-4-6-16(7-15)22-24-12-21(18-11-26-31(2)14-18)23(28-22)27-19-8-20(9-19)29-34(3,32)33/h4-7,10-14,19-20,29H,8-9H2,1-3H3,(H,24,27,28). The highest BCUT2D eigenvalue weighted by Crippen LogP contribution is 2.32. The lowest BCUT2D eigenvalue weighted by Crippen LogP contribution is -2.49. The highest BCUT2D eigenvalue weighted by Gasteiger charge is 2.32. The van der Waals surface area contributed by atoms with Gasteiger partial charge in [-0.15, -0.1) is 0 Å². The number of sulfonamides is 1. The summed E-state index contributed by atoms with van der Waals surface area (Å²) in [6, 6.07) is 8.10. The summed E-state index contributed by atoms with van der Waals surface area (Å²) >= 11 is 0. The highest BCUT2D eigenvalue weighted by molar-refractivity contribution is 7.88. The molecule has 0 saturated heterocycles. The van der Waals surface area contributed by atoms with E-state index in [4.69, 9.17) is 4.98 Å². The molecule has 176 valence electrons. The van der Waals surface area contributed by atoms with E-state index in [-0.39, 0.29) is 12.1 Å². The summed E-state index contributed by atoms with van der Waals surface area (Å²) in [5.74, 6) is 1.30. The minimum Gasteiger partial charge on any atom is -0.367 e. The SMILES string of the molecule is Cn1cc(-c2cccc(-c3ncc(-c4cnn(C)c4)c(NC4CC(NS(C)(=O)=O)C4)n3)c2)cn1. The number of benzene rings is 1. The Labute approximate surface area is 198 Å². The summed E-state index contributed by atoms with van der Waals surface area (Å²) in [7, 11) is 0.538. The van der Waals surface area contributed by atoms with Gasteiger partial charge in [0.2, 0.25) is 10.0 Å². The van der Waals surface area contributed by atoms with Crippen molar-refractivity contribution >= 4 is 15.8 Å². The van der Waals surface area contributed by atoms with E-state index in [0.717, 1.165) is 27.8 Å². The van der Waals surface area contributed by atoms with Gasteiger partial charge in [0.05, 0.1) is 18.6 Å². The fourth-order valence-electron chi connectivity index (χ4n) is 4.14. The molecular weight excluding hydrogens is 452 g/mol. The molecule has 2 N–H and O–H groups in total. The lowest BCUT2D eigenvalue weighted by atomic mass is 9.87. The molecule has 1 aliphatic carbocycles. The molecule has 0 unspecified atom stereocenters. The Kier molecular flexibility index (Phi) is 5.66. The van der Waals surface area contributed by atoms with Gasteiger partial charge in [0.15, 0.2) is 5.82 Å². The van der Waals surface area contributed by atoms with Crippen LogP contribution in [-0.4, -0.2) is 56.3 Å². The number of nitrogens with zero attached hydrogens (tertiary/aromatic N) is 6. The van der Waals surface area contributed by atoms with Crippen LogP contribution in [0.5, 0.6) is 0 Å². The van der Waals surface area contributed by atoms with Crippen LogP contribution in [0.1, 0.15) is 12.8 Å². The third kappa shape index (κ3) is 4.85. The Morgan fingerprint density at radius 2 is 1.59 bits per heavy atom. The van der Waals surface area contributed by atoms with Crippen LogP contribution < -0.4 is 10.0 Å². The van der Waals surface area contributed by atoms with Gasteiger partial charge in [-0.2, -0.15) is 10.2 Å². The molecule has 1 aromatic carbocycles. The van der Waals surface area contributed by atoms with Crippen LogP contribution in [0.25, 0.3) is 33.6 Å². The van der Waals surface area contributed by atoms with Gasteiger partial charge < -0.3 is 5.32 Å². The molecule has 1 aliphatic rings. The highest BCUT2D eigenvalue weighted by atomic mass is 32.2. The molecule has 10 nitrogen and oxygen atoms in total. The van der Waals surface area contributed by atoms with E-state index in [1.807, 2.05) is 57.1 Å². The van der Waals surface area contributed by atoms with Crippen molar-refractivity contribution < 1.29 is 8.42 Å². The average molecular weight is 479 g/mol. The Morgan fingerprint density at radius 3 is 2.24 bits per heavy atom. The number of rotatable bonds is 7. The van der Waals surface area contributed by atoms with E-state index in [1.165, 1.54) is 6.26 Å². The summed E-state index contributed by atoms with van der Waals surface area (Å²) < 4.78 is 29.2. The quantitative estimate of drug-likeness (QED) is 0.419. The van der Waals surface area contributed by atoms with E-state index >= 15 is 0 Å². The van der Waals surface area contributed by atoms with Crippen LogP contribution >= 0.6 is 0 Å². The first-order chi connectivity index (χ1) is 16.2. The lowest BCUT2D eigenvalue weighted by Gasteiger charge is -2.36. The fourth-order valence-corrected chi connectivity index (χ4v) is 4.94. The Balaban J connectivity index is 1.45. The Bertz CT molecular complexity index is 1440. The van der Waals surface area contributed by atoms with Crippen molar-refractivity contribution in [2.75, 3.05) is 11.6 Å². The second-order valence-corrected chi connectivity index (χ2v) is 10.5. The van der Waals surface area contributed by atoms with Gasteiger partial charge in [-0.25, -0.2) is 23.1 Å². The third-order valence-corrected chi connectivity index (χ3v) is 6.58. The normalized spacial score (nSPS) is 18.0. The van der Waals surface area contributed by atoms with E-state index in [0.29, 0.717) is 24.5 Å². The van der Waals surface area contributed by atoms with Gasteiger partial charge in [0.25, 0.3) is 0 Å². The molecule has 1 fully saturated rings. The molecular formula is C23H26N8O2S. The summed E-state index contributed by atoms with van der Waals surface area (Å²) in [5, 5.41) is 12.0. The molecule has 0 amide bonds. The smallest absolute Gasteiger partial charge is 0.208 e. The zero-order valence-electron chi connectivity index (χ0n) is 19.2. The molecule has 5 rings (SSSR count). The molecule has 0 aliphatic heterocycles. The van der Waals surface area contributed by atoms with Gasteiger partial charge in [0.1, 0.15) is 5.82 Å². The number of nitrogens with one attached hydrogen (secondary N) is 2. The monoisotopic (exact) mass is 478 g/mol. The van der Waals surface area contributed by atoms with E-state index in [2.05, 4.69) is 31.3 Å². The number of aromatic nitrogens is 6. The van der Waals surface area contributed by atoms with Crippen LogP contribution in [0, 0.1) is 0 Å². The molecule has 0 atom stereocenters. The van der Waals surface area contributed by atoms with Crippen molar-refractivity contribution in [2.24, 2.45) is 14.1 Å². The Hall–Kier alpha value is -3.57. The van der Waals surface area contributed by atoms with Gasteiger partial charge in [-0.05, 0) is 24.5 Å². The summed E-state index contributed by atoms with van der Waals surface area (Å²) in [4.78, 5) is 9.52. The van der Waals surface area contributed by atoms with Crippen molar-refractivity contribution in [2.45, 2.75) is 24.9 Å². The molecule has 0 radical (unpaired) electrons. The second-order valence-electron chi connectivity index (χ2n) is 8.74. The minimum absolute atomic E-state index is 0.0631. The van der Waals surface area contributed by atoms with Crippen molar-refractivity contribution in [3.63, 3.8) is 0 Å². The van der Waals surface area contributed by atoms with E-state index in [1.54, 1.807) is 15.6 Å². The Morgan fingerprint density at radius 1 is 0.912 bits per heavy atom. The molecule has 0 spiro atoms. The maximum atomic E-state index is 11.5. The van der Waals surface area contributed by atoms with Crippen molar-refractivity contribution in [3.8, 4) is 33.6 Å². The zero-order valence-corrected chi connectivity index (χ0v) is 20.0. The fraction of sp³-hybridized carbons (Fsp3) is 0.304. The molecule has 3 aromatic heterocycles. The van der Waals surface area contributed by atoms with Crippen molar-refractivity contribution in [1.82, 2.24) is 34.3 Å². The van der Waals surface area contributed by atoms with Crippen LogP contribution in [0.15, 0.2) is 55.2 Å².